The fourth-order valence-electron chi connectivity index (χ4n) is 2.80. The van der Waals surface area contributed by atoms with Gasteiger partial charge >= 0.3 is 5.97 Å². The van der Waals surface area contributed by atoms with Crippen molar-refractivity contribution in [2.45, 2.75) is 6.92 Å². The Morgan fingerprint density at radius 2 is 2.04 bits per heavy atom. The first-order valence-electron chi connectivity index (χ1n) is 8.79. The van der Waals surface area contributed by atoms with Crippen LogP contribution in [0.15, 0.2) is 29.5 Å². The number of aliphatic hydroxyl groups is 1. The smallest absolute Gasteiger partial charge is 0.337 e. The van der Waals surface area contributed by atoms with Crippen LogP contribution in [0, 0.1) is 6.92 Å². The Hall–Kier alpha value is -2.91. The number of ether oxygens (including phenoxy) is 2. The monoisotopic (exact) mass is 391 g/mol. The average molecular weight is 391 g/mol. The molecule has 1 aromatic rings. The number of nitrogens with zero attached hydrogens (tertiary/aromatic N) is 1. The maximum atomic E-state index is 12.6. The zero-order chi connectivity index (χ0) is 20.7. The molecule has 28 heavy (non-hydrogen) atoms. The van der Waals surface area contributed by atoms with Gasteiger partial charge in [-0.25, -0.2) is 4.79 Å². The fourth-order valence-corrected chi connectivity index (χ4v) is 2.80. The molecule has 0 aromatic heterocycles. The number of esters is 1. The molecule has 0 saturated heterocycles. The number of anilines is 1. The third-order valence-corrected chi connectivity index (χ3v) is 4.29. The van der Waals surface area contributed by atoms with Crippen molar-refractivity contribution in [3.8, 4) is 0 Å². The van der Waals surface area contributed by atoms with E-state index in [1.807, 2.05) is 0 Å². The molecule has 0 unspecified atom stereocenters. The Labute approximate surface area is 163 Å². The largest absolute Gasteiger partial charge is 0.466 e. The number of carbonyl (C=O) groups is 3. The first-order valence-corrected chi connectivity index (χ1v) is 8.79. The first-order chi connectivity index (χ1) is 13.4. The topological polar surface area (TPSA) is 117 Å². The summed E-state index contributed by atoms with van der Waals surface area (Å²) in [5.74, 6) is -1.23. The van der Waals surface area contributed by atoms with Crippen molar-refractivity contribution in [3.63, 3.8) is 0 Å². The highest BCUT2D eigenvalue weighted by molar-refractivity contribution is 6.08. The normalized spacial score (nSPS) is 13.7. The second-order valence-electron chi connectivity index (χ2n) is 6.20. The average Bonchev–Trinajstić information content (AvgIpc) is 2.99. The summed E-state index contributed by atoms with van der Waals surface area (Å²) in [4.78, 5) is 38.1. The number of aliphatic hydroxyl groups excluding tert-OH is 1. The number of hydrogen-bond acceptors (Lipinski definition) is 7. The van der Waals surface area contributed by atoms with E-state index in [1.54, 1.807) is 32.2 Å². The lowest BCUT2D eigenvalue weighted by Crippen LogP contribution is -2.31. The van der Waals surface area contributed by atoms with Gasteiger partial charge < -0.3 is 30.1 Å². The van der Waals surface area contributed by atoms with E-state index in [-0.39, 0.29) is 36.9 Å². The Morgan fingerprint density at radius 1 is 1.29 bits per heavy atom. The molecule has 3 N–H and O–H groups in total. The quantitative estimate of drug-likeness (QED) is 0.402. The van der Waals surface area contributed by atoms with Crippen molar-refractivity contribution in [3.05, 3.63) is 40.6 Å². The third kappa shape index (κ3) is 4.87. The number of carbonyl (C=O) groups excluding carboxylic acids is 3. The maximum Gasteiger partial charge on any atom is 0.337 e. The summed E-state index contributed by atoms with van der Waals surface area (Å²) in [6, 6.07) is 4.99. The second-order valence-corrected chi connectivity index (χ2v) is 6.20. The molecule has 0 saturated carbocycles. The number of methoxy groups -OCH3 is 2. The number of hydrogen-bond donors (Lipinski definition) is 3. The fraction of sp³-hybridized carbons (Fsp3) is 0.421. The van der Waals surface area contributed by atoms with Gasteiger partial charge in [0, 0.05) is 31.5 Å². The highest BCUT2D eigenvalue weighted by atomic mass is 16.5. The van der Waals surface area contributed by atoms with Gasteiger partial charge in [-0.1, -0.05) is 0 Å². The van der Waals surface area contributed by atoms with Crippen LogP contribution >= 0.6 is 0 Å². The SMILES string of the molecule is COCCNC(=O)c1ccc(NC2=C(C(=O)OC)CN(CCO)C2=O)c(C)c1. The van der Waals surface area contributed by atoms with E-state index < -0.39 is 11.9 Å². The van der Waals surface area contributed by atoms with Crippen molar-refractivity contribution in [2.24, 2.45) is 0 Å². The lowest BCUT2D eigenvalue weighted by atomic mass is 10.1. The van der Waals surface area contributed by atoms with E-state index >= 15 is 0 Å². The summed E-state index contributed by atoms with van der Waals surface area (Å²) in [5.41, 5.74) is 2.09. The minimum atomic E-state index is -0.608. The molecule has 0 spiro atoms. The van der Waals surface area contributed by atoms with Gasteiger partial charge in [-0.05, 0) is 30.7 Å². The number of amides is 2. The van der Waals surface area contributed by atoms with Crippen molar-refractivity contribution < 1.29 is 29.0 Å². The molecule has 2 amide bonds. The number of benzene rings is 1. The minimum Gasteiger partial charge on any atom is -0.466 e. The standard InChI is InChI=1S/C19H25N3O6/c1-12-10-13(17(24)20-6-9-27-2)4-5-15(12)21-16-14(19(26)28-3)11-22(7-8-23)18(16)25/h4-5,10,21,23H,6-9,11H2,1-3H3,(H,20,24). The first kappa shape index (κ1) is 21.4. The summed E-state index contributed by atoms with van der Waals surface area (Å²) in [6.45, 7) is 2.58. The van der Waals surface area contributed by atoms with E-state index in [9.17, 15) is 14.4 Å². The van der Waals surface area contributed by atoms with Gasteiger partial charge in [-0.3, -0.25) is 9.59 Å². The molecule has 0 atom stereocenters. The highest BCUT2D eigenvalue weighted by Gasteiger charge is 2.34. The van der Waals surface area contributed by atoms with Gasteiger partial charge in [0.2, 0.25) is 0 Å². The molecule has 2 rings (SSSR count). The van der Waals surface area contributed by atoms with E-state index in [4.69, 9.17) is 14.6 Å². The van der Waals surface area contributed by atoms with Crippen molar-refractivity contribution >= 4 is 23.5 Å². The van der Waals surface area contributed by atoms with Gasteiger partial charge in [0.15, 0.2) is 0 Å². The maximum absolute atomic E-state index is 12.6. The minimum absolute atomic E-state index is 0.0629. The van der Waals surface area contributed by atoms with Crippen LogP contribution in [0.5, 0.6) is 0 Å². The molecule has 0 bridgehead atoms. The van der Waals surface area contributed by atoms with Crippen LogP contribution in [0.3, 0.4) is 0 Å². The van der Waals surface area contributed by atoms with E-state index in [1.165, 1.54) is 12.0 Å². The molecule has 9 heteroatoms. The third-order valence-electron chi connectivity index (χ3n) is 4.29. The van der Waals surface area contributed by atoms with Gasteiger partial charge in [0.05, 0.1) is 32.4 Å². The Kier molecular flexibility index (Phi) is 7.53. The molecule has 9 nitrogen and oxygen atoms in total. The van der Waals surface area contributed by atoms with E-state index in [0.29, 0.717) is 24.4 Å². The van der Waals surface area contributed by atoms with Crippen molar-refractivity contribution in [1.82, 2.24) is 10.2 Å². The van der Waals surface area contributed by atoms with Crippen LogP contribution in [0.1, 0.15) is 15.9 Å². The van der Waals surface area contributed by atoms with Crippen LogP contribution < -0.4 is 10.6 Å². The van der Waals surface area contributed by atoms with Gasteiger partial charge in [-0.2, -0.15) is 0 Å². The molecular weight excluding hydrogens is 366 g/mol. The lowest BCUT2D eigenvalue weighted by Gasteiger charge is -2.16. The predicted octanol–water partition coefficient (Wildman–Crippen LogP) is 0.0447. The van der Waals surface area contributed by atoms with Crippen LogP contribution in [0.4, 0.5) is 5.69 Å². The van der Waals surface area contributed by atoms with Crippen LogP contribution in [0.25, 0.3) is 0 Å². The number of β-amino-alcohol motifs (C(OH)–C–C–N with tert-alkyl or cyclic N) is 1. The molecule has 0 radical (unpaired) electrons. The molecule has 1 aliphatic rings. The predicted molar refractivity (Wildman–Crippen MR) is 102 cm³/mol. The van der Waals surface area contributed by atoms with Crippen molar-refractivity contribution in [1.29, 1.82) is 0 Å². The van der Waals surface area contributed by atoms with E-state index in [2.05, 4.69) is 10.6 Å². The number of rotatable bonds is 9. The summed E-state index contributed by atoms with van der Waals surface area (Å²) in [5, 5.41) is 14.8. The molecule has 1 aromatic carbocycles. The molecular formula is C19H25N3O6. The number of aryl methyl sites for hydroxylation is 1. The molecule has 0 fully saturated rings. The summed E-state index contributed by atoms with van der Waals surface area (Å²) in [7, 11) is 2.80. The van der Waals surface area contributed by atoms with Crippen LogP contribution in [-0.4, -0.2) is 74.9 Å². The second kappa shape index (κ2) is 9.86. The number of nitrogens with one attached hydrogen (secondary N) is 2. The van der Waals surface area contributed by atoms with Crippen LogP contribution in [0.2, 0.25) is 0 Å². The summed E-state index contributed by atoms with van der Waals surface area (Å²) in [6.07, 6.45) is 0. The van der Waals surface area contributed by atoms with Crippen molar-refractivity contribution in [2.75, 3.05) is 52.4 Å². The summed E-state index contributed by atoms with van der Waals surface area (Å²) >= 11 is 0. The lowest BCUT2D eigenvalue weighted by molar-refractivity contribution is -0.136. The zero-order valence-electron chi connectivity index (χ0n) is 16.2. The van der Waals surface area contributed by atoms with Gasteiger partial charge in [0.25, 0.3) is 11.8 Å². The Morgan fingerprint density at radius 3 is 2.64 bits per heavy atom. The zero-order valence-corrected chi connectivity index (χ0v) is 16.2. The summed E-state index contributed by atoms with van der Waals surface area (Å²) < 4.78 is 9.66. The van der Waals surface area contributed by atoms with Gasteiger partial charge in [-0.15, -0.1) is 0 Å². The van der Waals surface area contributed by atoms with Crippen LogP contribution in [-0.2, 0) is 19.1 Å². The Balaban J connectivity index is 2.21. The highest BCUT2D eigenvalue weighted by Crippen LogP contribution is 2.25. The molecule has 1 heterocycles. The molecule has 0 aliphatic carbocycles. The Bertz CT molecular complexity index is 790. The van der Waals surface area contributed by atoms with E-state index in [0.717, 1.165) is 5.56 Å². The van der Waals surface area contributed by atoms with Gasteiger partial charge in [0.1, 0.15) is 5.70 Å². The molecule has 152 valence electrons. The molecule has 1 aliphatic heterocycles.